The Hall–Kier alpha value is -3.17. The number of aromatic amines is 1. The molecule has 2 aromatic heterocycles. The monoisotopic (exact) mass is 336 g/mol. The van der Waals surface area contributed by atoms with Gasteiger partial charge in [0, 0.05) is 11.8 Å². The van der Waals surface area contributed by atoms with Crippen LogP contribution in [0, 0.1) is 0 Å². The summed E-state index contributed by atoms with van der Waals surface area (Å²) in [5.74, 6) is -0.102. The van der Waals surface area contributed by atoms with Crippen molar-refractivity contribution in [3.05, 3.63) is 64.9 Å². The molecule has 3 aromatic rings. The fraction of sp³-hybridized carbons (Fsp3) is 0.143. The second-order valence-corrected chi connectivity index (χ2v) is 4.82. The standard InChI is InChI=1S/C14H11F3N6O/c15-14(16,17)11-5-13(24)22-12(21-11)6-19-9-1-3-10(4-2-9)23-8-18-7-20-23/h1-5,7-8,19H,6H2,(H,21,22,24). The number of hydrogen-bond acceptors (Lipinski definition) is 5. The van der Waals surface area contributed by atoms with Gasteiger partial charge in [-0.2, -0.15) is 18.3 Å². The predicted molar refractivity (Wildman–Crippen MR) is 78.5 cm³/mol. The number of hydrogen-bond donors (Lipinski definition) is 2. The summed E-state index contributed by atoms with van der Waals surface area (Å²) in [4.78, 5) is 20.8. The number of nitrogens with one attached hydrogen (secondary N) is 2. The van der Waals surface area contributed by atoms with E-state index in [4.69, 9.17) is 0 Å². The Morgan fingerprint density at radius 1 is 1.21 bits per heavy atom. The van der Waals surface area contributed by atoms with E-state index in [1.807, 2.05) is 0 Å². The molecule has 0 aliphatic carbocycles. The highest BCUT2D eigenvalue weighted by Crippen LogP contribution is 2.26. The first-order valence-electron chi connectivity index (χ1n) is 6.78. The second-order valence-electron chi connectivity index (χ2n) is 4.82. The summed E-state index contributed by atoms with van der Waals surface area (Å²) < 4.78 is 39.5. The van der Waals surface area contributed by atoms with Crippen molar-refractivity contribution >= 4 is 5.69 Å². The fourth-order valence-corrected chi connectivity index (χ4v) is 2.00. The first-order valence-corrected chi connectivity index (χ1v) is 6.78. The molecule has 2 N–H and O–H groups in total. The number of anilines is 1. The molecule has 0 aliphatic rings. The van der Waals surface area contributed by atoms with Gasteiger partial charge in [0.25, 0.3) is 5.56 Å². The molecule has 1 aromatic carbocycles. The van der Waals surface area contributed by atoms with Crippen molar-refractivity contribution in [1.82, 2.24) is 24.7 Å². The lowest BCUT2D eigenvalue weighted by atomic mass is 10.3. The van der Waals surface area contributed by atoms with Gasteiger partial charge in [-0.05, 0) is 24.3 Å². The number of alkyl halides is 3. The highest BCUT2D eigenvalue weighted by Gasteiger charge is 2.33. The number of H-pyrrole nitrogens is 1. The molecule has 3 rings (SSSR count). The molecule has 0 amide bonds. The van der Waals surface area contributed by atoms with Gasteiger partial charge in [-0.1, -0.05) is 0 Å². The van der Waals surface area contributed by atoms with Crippen molar-refractivity contribution in [1.29, 1.82) is 0 Å². The van der Waals surface area contributed by atoms with Crippen molar-refractivity contribution in [2.24, 2.45) is 0 Å². The summed E-state index contributed by atoms with van der Waals surface area (Å²) in [6.45, 7) is -0.0537. The summed E-state index contributed by atoms with van der Waals surface area (Å²) in [6.07, 6.45) is -1.72. The van der Waals surface area contributed by atoms with Crippen LogP contribution in [0.1, 0.15) is 11.5 Å². The van der Waals surface area contributed by atoms with Crippen LogP contribution in [0.4, 0.5) is 18.9 Å². The van der Waals surface area contributed by atoms with Crippen LogP contribution in [-0.4, -0.2) is 24.7 Å². The minimum Gasteiger partial charge on any atom is -0.378 e. The van der Waals surface area contributed by atoms with Crippen LogP contribution in [0.5, 0.6) is 0 Å². The van der Waals surface area contributed by atoms with Crippen molar-refractivity contribution in [3.63, 3.8) is 0 Å². The minimum atomic E-state index is -4.66. The predicted octanol–water partition coefficient (Wildman–Crippen LogP) is 1.98. The molecule has 0 spiro atoms. The number of benzene rings is 1. The van der Waals surface area contributed by atoms with Crippen molar-refractivity contribution in [3.8, 4) is 5.69 Å². The van der Waals surface area contributed by atoms with E-state index in [-0.39, 0.29) is 12.4 Å². The third-order valence-corrected chi connectivity index (χ3v) is 3.09. The van der Waals surface area contributed by atoms with Crippen molar-refractivity contribution < 1.29 is 13.2 Å². The number of rotatable bonds is 4. The van der Waals surface area contributed by atoms with Crippen molar-refractivity contribution in [2.45, 2.75) is 12.7 Å². The van der Waals surface area contributed by atoms with E-state index < -0.39 is 17.4 Å². The lowest BCUT2D eigenvalue weighted by Gasteiger charge is -2.09. The van der Waals surface area contributed by atoms with Gasteiger partial charge in [0.1, 0.15) is 18.5 Å². The van der Waals surface area contributed by atoms with Gasteiger partial charge in [-0.25, -0.2) is 14.6 Å². The second kappa shape index (κ2) is 6.14. The van der Waals surface area contributed by atoms with Crippen LogP contribution in [0.15, 0.2) is 47.8 Å². The Bertz CT molecular complexity index is 871. The summed E-state index contributed by atoms with van der Waals surface area (Å²) in [6, 6.07) is 7.40. The average Bonchev–Trinajstić information content (AvgIpc) is 3.06. The third kappa shape index (κ3) is 3.59. The molecule has 0 unspecified atom stereocenters. The molecule has 7 nitrogen and oxygen atoms in total. The van der Waals surface area contributed by atoms with E-state index in [1.54, 1.807) is 35.3 Å². The van der Waals surface area contributed by atoms with Crippen LogP contribution in [-0.2, 0) is 12.7 Å². The Morgan fingerprint density at radius 3 is 2.58 bits per heavy atom. The fourth-order valence-electron chi connectivity index (χ4n) is 2.00. The molecule has 10 heteroatoms. The smallest absolute Gasteiger partial charge is 0.378 e. The van der Waals surface area contributed by atoms with Gasteiger partial charge < -0.3 is 10.3 Å². The zero-order valence-electron chi connectivity index (χ0n) is 12.1. The highest BCUT2D eigenvalue weighted by molar-refractivity contribution is 5.48. The molecule has 0 radical (unpaired) electrons. The van der Waals surface area contributed by atoms with Gasteiger partial charge in [0.2, 0.25) is 0 Å². The molecular weight excluding hydrogens is 325 g/mol. The van der Waals surface area contributed by atoms with Crippen molar-refractivity contribution in [2.75, 3.05) is 5.32 Å². The first-order chi connectivity index (χ1) is 11.4. The van der Waals surface area contributed by atoms with E-state index in [2.05, 4.69) is 25.4 Å². The zero-order chi connectivity index (χ0) is 17.2. The molecule has 0 aliphatic heterocycles. The van der Waals surface area contributed by atoms with Gasteiger partial charge in [0.15, 0.2) is 5.69 Å². The molecule has 0 saturated heterocycles. The zero-order valence-corrected chi connectivity index (χ0v) is 12.1. The Balaban J connectivity index is 1.72. The summed E-state index contributed by atoms with van der Waals surface area (Å²) in [5, 5.41) is 6.88. The number of halogens is 3. The van der Waals surface area contributed by atoms with Gasteiger partial charge in [-0.3, -0.25) is 4.79 Å². The average molecular weight is 336 g/mol. The number of aromatic nitrogens is 5. The number of nitrogens with zero attached hydrogens (tertiary/aromatic N) is 4. The quantitative estimate of drug-likeness (QED) is 0.761. The lowest BCUT2D eigenvalue weighted by molar-refractivity contribution is -0.141. The molecular formula is C14H11F3N6O. The van der Waals surface area contributed by atoms with Crippen LogP contribution in [0.3, 0.4) is 0 Å². The summed E-state index contributed by atoms with van der Waals surface area (Å²) in [5.41, 5.74) is -0.636. The van der Waals surface area contributed by atoms with Gasteiger partial charge in [0.05, 0.1) is 12.2 Å². The summed E-state index contributed by atoms with van der Waals surface area (Å²) >= 11 is 0. The van der Waals surface area contributed by atoms with E-state index in [0.717, 1.165) is 5.69 Å². The molecule has 124 valence electrons. The Labute approximate surface area is 133 Å². The van der Waals surface area contributed by atoms with E-state index in [1.165, 1.54) is 6.33 Å². The molecule has 0 fully saturated rings. The Kier molecular flexibility index (Phi) is 4.02. The van der Waals surface area contributed by atoms with E-state index in [9.17, 15) is 18.0 Å². The molecule has 24 heavy (non-hydrogen) atoms. The summed E-state index contributed by atoms with van der Waals surface area (Å²) in [7, 11) is 0. The van der Waals surface area contributed by atoms with Gasteiger partial charge in [-0.15, -0.1) is 0 Å². The maximum Gasteiger partial charge on any atom is 0.433 e. The molecule has 0 saturated carbocycles. The maximum absolute atomic E-state index is 12.6. The highest BCUT2D eigenvalue weighted by atomic mass is 19.4. The Morgan fingerprint density at radius 2 is 1.96 bits per heavy atom. The largest absolute Gasteiger partial charge is 0.433 e. The SMILES string of the molecule is O=c1cc(C(F)(F)F)nc(CNc2ccc(-n3cncn3)cc2)[nH]1. The van der Waals surface area contributed by atoms with Crippen LogP contribution in [0.25, 0.3) is 5.69 Å². The topological polar surface area (TPSA) is 88.5 Å². The van der Waals surface area contributed by atoms with E-state index in [0.29, 0.717) is 11.8 Å². The molecule has 0 bridgehead atoms. The van der Waals surface area contributed by atoms with Gasteiger partial charge >= 0.3 is 6.18 Å². The molecule has 2 heterocycles. The van der Waals surface area contributed by atoms with Crippen LogP contribution in [0.2, 0.25) is 0 Å². The van der Waals surface area contributed by atoms with Crippen LogP contribution < -0.4 is 10.9 Å². The lowest BCUT2D eigenvalue weighted by Crippen LogP contribution is -2.20. The third-order valence-electron chi connectivity index (χ3n) is 3.09. The normalized spacial score (nSPS) is 11.5. The maximum atomic E-state index is 12.6. The minimum absolute atomic E-state index is 0.0537. The van der Waals surface area contributed by atoms with E-state index >= 15 is 0 Å². The first kappa shape index (κ1) is 15.7. The molecule has 0 atom stereocenters. The van der Waals surface area contributed by atoms with Crippen LogP contribution >= 0.6 is 0 Å².